The van der Waals surface area contributed by atoms with E-state index >= 15 is 0 Å². The fourth-order valence-electron chi connectivity index (χ4n) is 1.54. The van der Waals surface area contributed by atoms with Gasteiger partial charge in [-0.2, -0.15) is 0 Å². The molecule has 0 saturated heterocycles. The van der Waals surface area contributed by atoms with Gasteiger partial charge in [-0.05, 0) is 37.0 Å². The van der Waals surface area contributed by atoms with Gasteiger partial charge in [-0.15, -0.1) is 6.58 Å². The van der Waals surface area contributed by atoms with Crippen LogP contribution >= 0.6 is 0 Å². The second-order valence-electron chi connectivity index (χ2n) is 3.68. The van der Waals surface area contributed by atoms with Gasteiger partial charge in [0.15, 0.2) is 0 Å². The van der Waals surface area contributed by atoms with E-state index in [0.717, 1.165) is 25.0 Å². The first kappa shape index (κ1) is 11.8. The van der Waals surface area contributed by atoms with E-state index < -0.39 is 0 Å². The van der Waals surface area contributed by atoms with Crippen LogP contribution in [0, 0.1) is 0 Å². The molecular formula is C13H19NO. The number of nitrogens with two attached hydrogens (primary N) is 1. The van der Waals surface area contributed by atoms with Gasteiger partial charge in [-0.1, -0.05) is 18.2 Å². The predicted octanol–water partition coefficient (Wildman–Crippen LogP) is 2.53. The van der Waals surface area contributed by atoms with Crippen LogP contribution in [-0.4, -0.2) is 13.2 Å². The van der Waals surface area contributed by atoms with Crippen molar-refractivity contribution in [2.45, 2.75) is 25.3 Å². The average Bonchev–Trinajstić information content (AvgIpc) is 2.26. The minimum atomic E-state index is 0.204. The van der Waals surface area contributed by atoms with Gasteiger partial charge in [-0.3, -0.25) is 0 Å². The average molecular weight is 205 g/mol. The summed E-state index contributed by atoms with van der Waals surface area (Å²) in [6, 6.07) is 8.26. The largest absolute Gasteiger partial charge is 0.497 e. The lowest BCUT2D eigenvalue weighted by atomic mass is 10.0. The summed E-state index contributed by atoms with van der Waals surface area (Å²) in [5, 5.41) is 0. The number of methoxy groups -OCH3 is 1. The number of hydrogen-bond donors (Lipinski definition) is 1. The normalized spacial score (nSPS) is 12.1. The zero-order valence-electron chi connectivity index (χ0n) is 9.28. The van der Waals surface area contributed by atoms with Gasteiger partial charge in [0.2, 0.25) is 0 Å². The first-order valence-electron chi connectivity index (χ1n) is 5.25. The zero-order valence-corrected chi connectivity index (χ0v) is 9.28. The van der Waals surface area contributed by atoms with Crippen LogP contribution in [0.4, 0.5) is 0 Å². The van der Waals surface area contributed by atoms with Crippen LogP contribution in [0.1, 0.15) is 18.4 Å². The SMILES string of the molecule is C=CCCC(N)Cc1cccc(OC)c1. The zero-order chi connectivity index (χ0) is 11.1. The Kier molecular flexibility index (Phi) is 4.91. The lowest BCUT2D eigenvalue weighted by Gasteiger charge is -2.10. The van der Waals surface area contributed by atoms with Crippen LogP contribution in [0.3, 0.4) is 0 Å². The fraction of sp³-hybridized carbons (Fsp3) is 0.385. The molecule has 1 atom stereocenters. The summed E-state index contributed by atoms with van der Waals surface area (Å²) in [7, 11) is 1.68. The van der Waals surface area contributed by atoms with Crippen molar-refractivity contribution < 1.29 is 4.74 Å². The summed E-state index contributed by atoms with van der Waals surface area (Å²) in [5.74, 6) is 0.892. The fourth-order valence-corrected chi connectivity index (χ4v) is 1.54. The lowest BCUT2D eigenvalue weighted by Crippen LogP contribution is -2.22. The van der Waals surface area contributed by atoms with Crippen molar-refractivity contribution >= 4 is 0 Å². The van der Waals surface area contributed by atoms with E-state index in [9.17, 15) is 0 Å². The molecule has 0 amide bonds. The van der Waals surface area contributed by atoms with Crippen LogP contribution in [0.2, 0.25) is 0 Å². The third-order valence-electron chi connectivity index (χ3n) is 2.37. The van der Waals surface area contributed by atoms with E-state index in [-0.39, 0.29) is 6.04 Å². The lowest BCUT2D eigenvalue weighted by molar-refractivity contribution is 0.414. The smallest absolute Gasteiger partial charge is 0.119 e. The molecule has 15 heavy (non-hydrogen) atoms. The van der Waals surface area contributed by atoms with Crippen molar-refractivity contribution in [1.29, 1.82) is 0 Å². The Hall–Kier alpha value is -1.28. The van der Waals surface area contributed by atoms with Gasteiger partial charge in [0, 0.05) is 6.04 Å². The molecule has 2 N–H and O–H groups in total. The molecule has 0 aliphatic rings. The highest BCUT2D eigenvalue weighted by atomic mass is 16.5. The van der Waals surface area contributed by atoms with E-state index in [1.54, 1.807) is 7.11 Å². The third kappa shape index (κ3) is 4.17. The molecule has 1 aromatic rings. The molecule has 0 radical (unpaired) electrons. The summed E-state index contributed by atoms with van der Waals surface area (Å²) in [6.45, 7) is 3.69. The van der Waals surface area contributed by atoms with Crippen LogP contribution in [0.5, 0.6) is 5.75 Å². The maximum Gasteiger partial charge on any atom is 0.119 e. The number of rotatable bonds is 6. The summed E-state index contributed by atoms with van der Waals surface area (Å²) in [4.78, 5) is 0. The Morgan fingerprint density at radius 2 is 2.33 bits per heavy atom. The van der Waals surface area contributed by atoms with Crippen molar-refractivity contribution in [3.05, 3.63) is 42.5 Å². The summed E-state index contributed by atoms with van der Waals surface area (Å²) >= 11 is 0. The van der Waals surface area contributed by atoms with Gasteiger partial charge in [0.05, 0.1) is 7.11 Å². The van der Waals surface area contributed by atoms with Gasteiger partial charge in [0.25, 0.3) is 0 Å². The molecule has 82 valence electrons. The monoisotopic (exact) mass is 205 g/mol. The molecule has 0 aliphatic heterocycles. The number of benzene rings is 1. The molecule has 1 rings (SSSR count). The maximum absolute atomic E-state index is 5.99. The van der Waals surface area contributed by atoms with E-state index in [1.807, 2.05) is 24.3 Å². The van der Waals surface area contributed by atoms with Crippen LogP contribution < -0.4 is 10.5 Å². The molecule has 0 heterocycles. The molecule has 0 bridgehead atoms. The Labute approximate surface area is 91.7 Å². The van der Waals surface area contributed by atoms with Gasteiger partial charge < -0.3 is 10.5 Å². The summed E-state index contributed by atoms with van der Waals surface area (Å²) in [6.07, 6.45) is 4.77. The van der Waals surface area contributed by atoms with Crippen molar-refractivity contribution in [3.63, 3.8) is 0 Å². The van der Waals surface area contributed by atoms with Gasteiger partial charge in [-0.25, -0.2) is 0 Å². The van der Waals surface area contributed by atoms with Gasteiger partial charge in [0.1, 0.15) is 5.75 Å². The Morgan fingerprint density at radius 1 is 1.53 bits per heavy atom. The number of hydrogen-bond acceptors (Lipinski definition) is 2. The first-order valence-corrected chi connectivity index (χ1v) is 5.25. The highest BCUT2D eigenvalue weighted by Crippen LogP contribution is 2.14. The minimum Gasteiger partial charge on any atom is -0.497 e. The molecule has 0 spiro atoms. The van der Waals surface area contributed by atoms with E-state index in [0.29, 0.717) is 0 Å². The second-order valence-corrected chi connectivity index (χ2v) is 3.68. The van der Waals surface area contributed by atoms with Crippen molar-refractivity contribution in [1.82, 2.24) is 0 Å². The molecule has 0 saturated carbocycles. The van der Waals surface area contributed by atoms with E-state index in [4.69, 9.17) is 10.5 Å². The van der Waals surface area contributed by atoms with Crippen molar-refractivity contribution in [2.24, 2.45) is 5.73 Å². The highest BCUT2D eigenvalue weighted by Gasteiger charge is 2.03. The summed E-state index contributed by atoms with van der Waals surface area (Å²) in [5.41, 5.74) is 7.22. The summed E-state index contributed by atoms with van der Waals surface area (Å²) < 4.78 is 5.16. The Balaban J connectivity index is 2.51. The molecule has 0 aromatic heterocycles. The van der Waals surface area contributed by atoms with E-state index in [2.05, 4.69) is 12.6 Å². The topological polar surface area (TPSA) is 35.2 Å². The predicted molar refractivity (Wildman–Crippen MR) is 64.1 cm³/mol. The number of ether oxygens (including phenoxy) is 1. The number of allylic oxidation sites excluding steroid dienone is 1. The molecule has 0 aliphatic carbocycles. The van der Waals surface area contributed by atoms with E-state index in [1.165, 1.54) is 5.56 Å². The Morgan fingerprint density at radius 3 is 3.00 bits per heavy atom. The van der Waals surface area contributed by atoms with Crippen LogP contribution in [-0.2, 0) is 6.42 Å². The Bertz CT molecular complexity index is 309. The van der Waals surface area contributed by atoms with Crippen LogP contribution in [0.15, 0.2) is 36.9 Å². The standard InChI is InChI=1S/C13H19NO/c1-3-4-7-12(14)9-11-6-5-8-13(10-11)15-2/h3,5-6,8,10,12H,1,4,7,9,14H2,2H3. The first-order chi connectivity index (χ1) is 7.26. The highest BCUT2D eigenvalue weighted by molar-refractivity contribution is 5.28. The molecule has 1 aromatic carbocycles. The van der Waals surface area contributed by atoms with Crippen molar-refractivity contribution in [2.75, 3.05) is 7.11 Å². The third-order valence-corrected chi connectivity index (χ3v) is 2.37. The quantitative estimate of drug-likeness (QED) is 0.724. The molecule has 2 nitrogen and oxygen atoms in total. The molecular weight excluding hydrogens is 186 g/mol. The second kappa shape index (κ2) is 6.25. The van der Waals surface area contributed by atoms with Gasteiger partial charge >= 0.3 is 0 Å². The molecule has 2 heteroatoms. The maximum atomic E-state index is 5.99. The molecule has 1 unspecified atom stereocenters. The van der Waals surface area contributed by atoms with Crippen LogP contribution in [0.25, 0.3) is 0 Å². The minimum absolute atomic E-state index is 0.204. The van der Waals surface area contributed by atoms with Crippen molar-refractivity contribution in [3.8, 4) is 5.75 Å². The molecule has 0 fully saturated rings.